The molecule has 12 aromatic rings. The van der Waals surface area contributed by atoms with Gasteiger partial charge < -0.3 is 9.32 Å². The number of rotatable bonds is 4. The molecule has 3 aliphatic carbocycles. The Morgan fingerprint density at radius 2 is 0.812 bits per heavy atom. The smallest absolute Gasteiger partial charge is 0.143 e. The van der Waals surface area contributed by atoms with Crippen molar-refractivity contribution >= 4 is 71.3 Å². The van der Waals surface area contributed by atoms with E-state index in [1.807, 2.05) is 6.07 Å². The van der Waals surface area contributed by atoms with Gasteiger partial charge in [-0.05, 0) is 102 Å². The standard InChI is InChI=1S/C62H37NO/c1-2-18-42-38(14-1)15-11-30-55(42)63(41-34-32-39(33-35-41)43-22-12-23-47-46-21-5-8-31-57(46)64-60(43)47)56-37-36-54-59-48(56)24-13-29-53(59)61-49-25-6-3-19-44(49)45-20-4-7-26-50(45)62(54,61)52-28-10-17-40-16-9-27-51(61)58(40)52/h1-37H. The molecule has 0 amide bonds. The Morgan fingerprint density at radius 1 is 0.312 bits per heavy atom. The van der Waals surface area contributed by atoms with Gasteiger partial charge in [0.15, 0.2) is 0 Å². The van der Waals surface area contributed by atoms with Crippen molar-refractivity contribution in [2.24, 2.45) is 0 Å². The monoisotopic (exact) mass is 811 g/mol. The summed E-state index contributed by atoms with van der Waals surface area (Å²) in [6.45, 7) is 0. The third-order valence-corrected chi connectivity index (χ3v) is 15.1. The highest BCUT2D eigenvalue weighted by molar-refractivity contribution is 6.14. The van der Waals surface area contributed by atoms with Crippen LogP contribution < -0.4 is 4.90 Å². The molecular weight excluding hydrogens is 775 g/mol. The molecule has 64 heavy (non-hydrogen) atoms. The molecule has 3 aliphatic rings. The van der Waals surface area contributed by atoms with E-state index in [1.54, 1.807) is 0 Å². The van der Waals surface area contributed by atoms with E-state index in [-0.39, 0.29) is 0 Å². The van der Waals surface area contributed by atoms with Gasteiger partial charge in [0.1, 0.15) is 11.2 Å². The van der Waals surface area contributed by atoms with Crippen molar-refractivity contribution < 1.29 is 4.42 Å². The number of hydrogen-bond acceptors (Lipinski definition) is 2. The van der Waals surface area contributed by atoms with Crippen LogP contribution in [0.4, 0.5) is 17.1 Å². The van der Waals surface area contributed by atoms with Crippen LogP contribution in [0.25, 0.3) is 76.5 Å². The summed E-state index contributed by atoms with van der Waals surface area (Å²) in [4.78, 5) is 2.50. The minimum atomic E-state index is -0.481. The van der Waals surface area contributed by atoms with Crippen LogP contribution >= 0.6 is 0 Å². The van der Waals surface area contributed by atoms with Gasteiger partial charge >= 0.3 is 0 Å². The minimum Gasteiger partial charge on any atom is -0.455 e. The van der Waals surface area contributed by atoms with E-state index in [4.69, 9.17) is 4.42 Å². The minimum absolute atomic E-state index is 0.481. The Hall–Kier alpha value is -8.20. The van der Waals surface area contributed by atoms with Crippen molar-refractivity contribution in [2.75, 3.05) is 4.90 Å². The van der Waals surface area contributed by atoms with Gasteiger partial charge in [0.05, 0.1) is 22.2 Å². The summed E-state index contributed by atoms with van der Waals surface area (Å²) in [7, 11) is 0. The molecule has 2 heteroatoms. The van der Waals surface area contributed by atoms with Gasteiger partial charge in [0.2, 0.25) is 0 Å². The summed E-state index contributed by atoms with van der Waals surface area (Å²) in [6, 6.07) is 84.0. The van der Waals surface area contributed by atoms with Crippen LogP contribution in [-0.4, -0.2) is 0 Å². The molecule has 1 aromatic heterocycles. The van der Waals surface area contributed by atoms with Crippen molar-refractivity contribution in [1.29, 1.82) is 0 Å². The first-order valence-electron chi connectivity index (χ1n) is 22.3. The van der Waals surface area contributed by atoms with Crippen molar-refractivity contribution in [3.63, 3.8) is 0 Å². The maximum atomic E-state index is 6.52. The molecular formula is C62H37NO. The lowest BCUT2D eigenvalue weighted by atomic mass is 9.50. The van der Waals surface area contributed by atoms with E-state index in [1.165, 1.54) is 76.8 Å². The van der Waals surface area contributed by atoms with Crippen LogP contribution in [0.3, 0.4) is 0 Å². The van der Waals surface area contributed by atoms with Crippen LogP contribution in [-0.2, 0) is 10.8 Å². The topological polar surface area (TPSA) is 16.4 Å². The van der Waals surface area contributed by atoms with E-state index in [0.717, 1.165) is 50.1 Å². The van der Waals surface area contributed by atoms with Crippen LogP contribution in [0.2, 0.25) is 0 Å². The summed E-state index contributed by atoms with van der Waals surface area (Å²) in [5.74, 6) is 0. The quantitative estimate of drug-likeness (QED) is 0.176. The van der Waals surface area contributed by atoms with Gasteiger partial charge in [-0.15, -0.1) is 0 Å². The van der Waals surface area contributed by atoms with Gasteiger partial charge in [-0.1, -0.05) is 194 Å². The van der Waals surface area contributed by atoms with Gasteiger partial charge in [-0.2, -0.15) is 0 Å². The van der Waals surface area contributed by atoms with Gasteiger partial charge in [0.25, 0.3) is 0 Å². The number of para-hydroxylation sites is 2. The van der Waals surface area contributed by atoms with E-state index in [2.05, 4.69) is 223 Å². The first kappa shape index (κ1) is 34.4. The fourth-order valence-electron chi connectivity index (χ4n) is 12.9. The number of furan rings is 1. The van der Waals surface area contributed by atoms with E-state index < -0.39 is 10.8 Å². The van der Waals surface area contributed by atoms with Crippen LogP contribution in [0.5, 0.6) is 0 Å². The largest absolute Gasteiger partial charge is 0.455 e. The highest BCUT2D eigenvalue weighted by atomic mass is 16.3. The SMILES string of the molecule is c1ccc2c(c1)-c1ccccc1C13c4cccc5cccc(c45)C21c1cccc2c(N(c4ccc(-c5cccc6c5oc5ccccc56)cc4)c4cccc5ccccc45)ccc3c12. The second-order valence-corrected chi connectivity index (χ2v) is 17.8. The first-order valence-corrected chi connectivity index (χ1v) is 22.3. The van der Waals surface area contributed by atoms with Gasteiger partial charge in [-0.3, -0.25) is 0 Å². The molecule has 0 radical (unpaired) electrons. The molecule has 15 rings (SSSR count). The maximum absolute atomic E-state index is 6.52. The van der Waals surface area contributed by atoms with Crippen LogP contribution in [0, 0.1) is 0 Å². The normalized spacial score (nSPS) is 17.5. The zero-order chi connectivity index (χ0) is 41.7. The molecule has 296 valence electrons. The first-order chi connectivity index (χ1) is 31.8. The van der Waals surface area contributed by atoms with Gasteiger partial charge in [0, 0.05) is 32.8 Å². The second kappa shape index (κ2) is 12.2. The molecule has 0 spiro atoms. The fraction of sp³-hybridized carbons (Fsp3) is 0.0323. The lowest BCUT2D eigenvalue weighted by molar-refractivity contribution is 0.461. The summed E-state index contributed by atoms with van der Waals surface area (Å²) in [5, 5.41) is 9.96. The Balaban J connectivity index is 1.02. The van der Waals surface area contributed by atoms with Crippen molar-refractivity contribution in [2.45, 2.75) is 10.8 Å². The lowest BCUT2D eigenvalue weighted by Crippen LogP contribution is -2.48. The summed E-state index contributed by atoms with van der Waals surface area (Å²) in [5.41, 5.74) is 17.4. The molecule has 0 fully saturated rings. The summed E-state index contributed by atoms with van der Waals surface area (Å²) >= 11 is 0. The third-order valence-electron chi connectivity index (χ3n) is 15.1. The molecule has 2 unspecified atom stereocenters. The Kier molecular flexibility index (Phi) is 6.58. The molecule has 2 nitrogen and oxygen atoms in total. The third kappa shape index (κ3) is 3.99. The summed E-state index contributed by atoms with van der Waals surface area (Å²) in [6.07, 6.45) is 0. The predicted molar refractivity (Wildman–Crippen MR) is 264 cm³/mol. The molecule has 11 aromatic carbocycles. The van der Waals surface area contributed by atoms with Crippen molar-refractivity contribution in [1.82, 2.24) is 0 Å². The zero-order valence-corrected chi connectivity index (χ0v) is 34.7. The van der Waals surface area contributed by atoms with E-state index >= 15 is 0 Å². The molecule has 1 heterocycles. The summed E-state index contributed by atoms with van der Waals surface area (Å²) < 4.78 is 6.52. The highest BCUT2D eigenvalue weighted by Crippen LogP contribution is 2.75. The van der Waals surface area contributed by atoms with E-state index in [0.29, 0.717) is 0 Å². The molecule has 2 atom stereocenters. The number of fused-ring (bicyclic) bond motifs is 7. The molecule has 0 N–H and O–H groups in total. The Labute approximate surface area is 369 Å². The lowest BCUT2D eigenvalue weighted by Gasteiger charge is -2.50. The van der Waals surface area contributed by atoms with Gasteiger partial charge in [-0.25, -0.2) is 0 Å². The van der Waals surface area contributed by atoms with E-state index in [9.17, 15) is 0 Å². The molecule has 0 aliphatic heterocycles. The number of hydrogen-bond donors (Lipinski definition) is 0. The second-order valence-electron chi connectivity index (χ2n) is 17.8. The van der Waals surface area contributed by atoms with Crippen molar-refractivity contribution in [3.05, 3.63) is 258 Å². The maximum Gasteiger partial charge on any atom is 0.143 e. The Morgan fingerprint density at radius 3 is 1.58 bits per heavy atom. The van der Waals surface area contributed by atoms with Crippen LogP contribution in [0.1, 0.15) is 33.4 Å². The number of benzene rings is 11. The number of anilines is 3. The Bertz CT molecular complexity index is 3880. The number of nitrogens with zero attached hydrogens (tertiary/aromatic N) is 1. The van der Waals surface area contributed by atoms with Crippen LogP contribution in [0.15, 0.2) is 229 Å². The zero-order valence-electron chi connectivity index (χ0n) is 34.7. The highest BCUT2D eigenvalue weighted by Gasteiger charge is 2.69. The molecule has 0 saturated carbocycles. The average Bonchev–Trinajstić information content (AvgIpc) is 3.97. The van der Waals surface area contributed by atoms with Crippen molar-refractivity contribution in [3.8, 4) is 22.3 Å². The average molecular weight is 812 g/mol. The molecule has 0 saturated heterocycles. The molecule has 0 bridgehead atoms. The predicted octanol–water partition coefficient (Wildman–Crippen LogP) is 16.2. The fourth-order valence-corrected chi connectivity index (χ4v) is 12.9.